The lowest BCUT2D eigenvalue weighted by atomic mass is 9.99. The highest BCUT2D eigenvalue weighted by Gasteiger charge is 2.24. The molecule has 4 rings (SSSR count). The summed E-state index contributed by atoms with van der Waals surface area (Å²) in [4.78, 5) is 20.9. The van der Waals surface area contributed by atoms with Gasteiger partial charge in [0.15, 0.2) is 5.65 Å². The van der Waals surface area contributed by atoms with Crippen molar-refractivity contribution in [2.45, 2.75) is 41.8 Å². The summed E-state index contributed by atoms with van der Waals surface area (Å²) in [6, 6.07) is 6.27. The van der Waals surface area contributed by atoms with Crippen molar-refractivity contribution >= 4 is 46.2 Å². The van der Waals surface area contributed by atoms with Crippen molar-refractivity contribution in [3.05, 3.63) is 35.6 Å². The van der Waals surface area contributed by atoms with Crippen molar-refractivity contribution in [2.24, 2.45) is 5.73 Å². The lowest BCUT2D eigenvalue weighted by Crippen LogP contribution is -2.46. The van der Waals surface area contributed by atoms with Crippen molar-refractivity contribution in [1.29, 1.82) is 0 Å². The first-order chi connectivity index (χ1) is 13.0. The number of rotatable bonds is 3. The lowest BCUT2D eigenvalue weighted by Gasteiger charge is -2.37. The minimum atomic E-state index is 0.264. The van der Waals surface area contributed by atoms with E-state index in [9.17, 15) is 0 Å². The molecular formula is C18H20ClN7S. The summed E-state index contributed by atoms with van der Waals surface area (Å²) >= 11 is 7.63. The highest BCUT2D eigenvalue weighted by atomic mass is 35.5. The predicted molar refractivity (Wildman–Crippen MR) is 109 cm³/mol. The molecule has 0 radical (unpaired) electrons. The van der Waals surface area contributed by atoms with E-state index in [-0.39, 0.29) is 6.04 Å². The zero-order valence-corrected chi connectivity index (χ0v) is 16.4. The molecule has 0 saturated carbocycles. The smallest absolute Gasteiger partial charge is 0.179 e. The number of fused-ring (bicyclic) bond motifs is 1. The maximum Gasteiger partial charge on any atom is 0.179 e. The molecule has 140 valence electrons. The Hall–Kier alpha value is -2.16. The van der Waals surface area contributed by atoms with Crippen LogP contribution in [0.3, 0.4) is 0 Å². The van der Waals surface area contributed by atoms with Crippen LogP contribution in [-0.4, -0.2) is 38.6 Å². The standard InChI is InChI=1S/C18H20ClN7S/c1-10-8-11(20)5-7-26(10)14-9-23-18-12(24-14)2-3-15(25-18)27-13-4-6-22-17(21)16(13)19/h2-4,6,9-11H,5,7-8,20H2,1H3,(H2,21,22)/t10-,11-/m1/s1. The number of pyridine rings is 2. The molecule has 1 aliphatic heterocycles. The number of nitrogens with zero attached hydrogens (tertiary/aromatic N) is 5. The zero-order valence-electron chi connectivity index (χ0n) is 14.8. The van der Waals surface area contributed by atoms with Gasteiger partial charge in [-0.15, -0.1) is 0 Å². The molecule has 3 aromatic heterocycles. The van der Waals surface area contributed by atoms with Gasteiger partial charge in [0.05, 0.1) is 11.2 Å². The van der Waals surface area contributed by atoms with Crippen LogP contribution in [0.15, 0.2) is 40.5 Å². The summed E-state index contributed by atoms with van der Waals surface area (Å²) in [5.74, 6) is 1.18. The predicted octanol–water partition coefficient (Wildman–Crippen LogP) is 3.12. The largest absolute Gasteiger partial charge is 0.382 e. The number of anilines is 2. The maximum atomic E-state index is 6.21. The molecule has 2 atom stereocenters. The Morgan fingerprint density at radius 1 is 1.22 bits per heavy atom. The third kappa shape index (κ3) is 3.78. The van der Waals surface area contributed by atoms with Crippen LogP contribution >= 0.6 is 23.4 Å². The first kappa shape index (κ1) is 18.2. The number of piperidine rings is 1. The van der Waals surface area contributed by atoms with Gasteiger partial charge in [-0.05, 0) is 38.0 Å². The van der Waals surface area contributed by atoms with E-state index in [0.29, 0.717) is 22.5 Å². The molecule has 1 aliphatic rings. The Morgan fingerprint density at radius 3 is 2.89 bits per heavy atom. The van der Waals surface area contributed by atoms with Gasteiger partial charge in [0.25, 0.3) is 0 Å². The van der Waals surface area contributed by atoms with Crippen LogP contribution in [-0.2, 0) is 0 Å². The second-order valence-corrected chi connectivity index (χ2v) is 8.10. The third-order valence-corrected chi connectivity index (χ3v) is 6.18. The van der Waals surface area contributed by atoms with Crippen LogP contribution in [0, 0.1) is 0 Å². The van der Waals surface area contributed by atoms with Gasteiger partial charge in [-0.25, -0.2) is 19.9 Å². The van der Waals surface area contributed by atoms with Gasteiger partial charge in [0.1, 0.15) is 22.2 Å². The van der Waals surface area contributed by atoms with E-state index in [1.165, 1.54) is 11.8 Å². The van der Waals surface area contributed by atoms with E-state index >= 15 is 0 Å². The first-order valence-corrected chi connectivity index (χ1v) is 9.94. The van der Waals surface area contributed by atoms with Gasteiger partial charge < -0.3 is 16.4 Å². The van der Waals surface area contributed by atoms with Crippen LogP contribution in [0.25, 0.3) is 11.2 Å². The minimum absolute atomic E-state index is 0.264. The summed E-state index contributed by atoms with van der Waals surface area (Å²) in [7, 11) is 0. The second-order valence-electron chi connectivity index (χ2n) is 6.66. The number of hydrogen-bond donors (Lipinski definition) is 2. The Balaban J connectivity index is 1.60. The fourth-order valence-electron chi connectivity index (χ4n) is 3.25. The van der Waals surface area contributed by atoms with Crippen molar-refractivity contribution in [3.63, 3.8) is 0 Å². The molecule has 0 amide bonds. The van der Waals surface area contributed by atoms with Gasteiger partial charge in [0.2, 0.25) is 0 Å². The van der Waals surface area contributed by atoms with Crippen molar-refractivity contribution in [1.82, 2.24) is 19.9 Å². The normalized spacial score (nSPS) is 20.2. The quantitative estimate of drug-likeness (QED) is 0.689. The fourth-order valence-corrected chi connectivity index (χ4v) is 4.30. The van der Waals surface area contributed by atoms with E-state index in [2.05, 4.69) is 26.8 Å². The number of nitrogens with two attached hydrogens (primary N) is 2. The highest BCUT2D eigenvalue weighted by Crippen LogP contribution is 2.35. The van der Waals surface area contributed by atoms with Crippen LogP contribution in [0.5, 0.6) is 0 Å². The molecule has 1 saturated heterocycles. The van der Waals surface area contributed by atoms with E-state index in [1.54, 1.807) is 12.4 Å². The first-order valence-electron chi connectivity index (χ1n) is 8.75. The molecule has 4 N–H and O–H groups in total. The highest BCUT2D eigenvalue weighted by molar-refractivity contribution is 7.99. The van der Waals surface area contributed by atoms with Gasteiger partial charge in [0, 0.05) is 29.7 Å². The average molecular weight is 402 g/mol. The number of halogens is 1. The fraction of sp³-hybridized carbons (Fsp3) is 0.333. The minimum Gasteiger partial charge on any atom is -0.382 e. The molecule has 0 spiro atoms. The van der Waals surface area contributed by atoms with Crippen LogP contribution in [0.1, 0.15) is 19.8 Å². The van der Waals surface area contributed by atoms with Gasteiger partial charge >= 0.3 is 0 Å². The van der Waals surface area contributed by atoms with Crippen molar-refractivity contribution in [2.75, 3.05) is 17.2 Å². The third-order valence-electron chi connectivity index (χ3n) is 4.67. The van der Waals surface area contributed by atoms with Crippen LogP contribution in [0.4, 0.5) is 11.6 Å². The van der Waals surface area contributed by atoms with E-state index < -0.39 is 0 Å². The van der Waals surface area contributed by atoms with E-state index in [0.717, 1.165) is 40.6 Å². The Bertz CT molecular complexity index is 983. The molecule has 0 unspecified atom stereocenters. The van der Waals surface area contributed by atoms with E-state index in [1.807, 2.05) is 18.2 Å². The topological polar surface area (TPSA) is 107 Å². The molecule has 3 aromatic rings. The summed E-state index contributed by atoms with van der Waals surface area (Å²) in [5.41, 5.74) is 13.2. The summed E-state index contributed by atoms with van der Waals surface area (Å²) in [6.45, 7) is 3.07. The summed E-state index contributed by atoms with van der Waals surface area (Å²) in [6.07, 6.45) is 5.34. The molecule has 0 aliphatic carbocycles. The van der Waals surface area contributed by atoms with Gasteiger partial charge in [-0.2, -0.15) is 0 Å². The van der Waals surface area contributed by atoms with Crippen molar-refractivity contribution < 1.29 is 0 Å². The van der Waals surface area contributed by atoms with Crippen molar-refractivity contribution in [3.8, 4) is 0 Å². The molecule has 7 nitrogen and oxygen atoms in total. The molecular weight excluding hydrogens is 382 g/mol. The van der Waals surface area contributed by atoms with Crippen LogP contribution < -0.4 is 16.4 Å². The summed E-state index contributed by atoms with van der Waals surface area (Å²) in [5, 5.41) is 1.21. The number of nitrogen functional groups attached to an aromatic ring is 1. The second kappa shape index (κ2) is 7.46. The Morgan fingerprint density at radius 2 is 2.07 bits per heavy atom. The van der Waals surface area contributed by atoms with Gasteiger partial charge in [-0.1, -0.05) is 23.4 Å². The number of hydrogen-bond acceptors (Lipinski definition) is 8. The molecule has 4 heterocycles. The van der Waals surface area contributed by atoms with Gasteiger partial charge in [-0.3, -0.25) is 0 Å². The molecule has 27 heavy (non-hydrogen) atoms. The Kier molecular flexibility index (Phi) is 5.03. The van der Waals surface area contributed by atoms with E-state index in [4.69, 9.17) is 28.1 Å². The Labute approximate surface area is 166 Å². The molecule has 0 aromatic carbocycles. The molecule has 1 fully saturated rings. The SMILES string of the molecule is C[C@@H]1C[C@H](N)CCN1c1cnc2nc(Sc3ccnc(N)c3Cl)ccc2n1. The zero-order chi connectivity index (χ0) is 19.0. The molecule has 9 heteroatoms. The van der Waals surface area contributed by atoms with Crippen LogP contribution in [0.2, 0.25) is 5.02 Å². The summed E-state index contributed by atoms with van der Waals surface area (Å²) < 4.78 is 0. The number of aromatic nitrogens is 4. The lowest BCUT2D eigenvalue weighted by molar-refractivity contribution is 0.427. The monoisotopic (exact) mass is 401 g/mol. The maximum absolute atomic E-state index is 6.21. The molecule has 0 bridgehead atoms. The average Bonchev–Trinajstić information content (AvgIpc) is 2.65.